The lowest BCUT2D eigenvalue weighted by atomic mass is 9.94. The number of amides is 1. The number of nitrogens with zero attached hydrogens (tertiary/aromatic N) is 5. The molecular formula is C21H29N5O. The van der Waals surface area contributed by atoms with Crippen molar-refractivity contribution in [3.8, 4) is 0 Å². The van der Waals surface area contributed by atoms with Crippen molar-refractivity contribution in [3.63, 3.8) is 0 Å². The molecule has 6 nitrogen and oxygen atoms in total. The predicted octanol–water partition coefficient (Wildman–Crippen LogP) is 2.68. The predicted molar refractivity (Wildman–Crippen MR) is 104 cm³/mol. The topological polar surface area (TPSA) is 54.3 Å². The second-order valence-electron chi connectivity index (χ2n) is 8.30. The van der Waals surface area contributed by atoms with Crippen LogP contribution in [-0.2, 0) is 13.6 Å². The van der Waals surface area contributed by atoms with Crippen LogP contribution in [0.4, 0.5) is 0 Å². The molecule has 3 fully saturated rings. The number of hydrogen-bond donors (Lipinski definition) is 0. The Kier molecular flexibility index (Phi) is 5.00. The molecule has 6 heteroatoms. The zero-order valence-corrected chi connectivity index (χ0v) is 16.5. The number of fused-ring (bicyclic) bond motifs is 4. The molecule has 2 aromatic heterocycles. The summed E-state index contributed by atoms with van der Waals surface area (Å²) in [7, 11) is 1.88. The smallest absolute Gasteiger partial charge is 0.272 e. The molecule has 0 spiro atoms. The summed E-state index contributed by atoms with van der Waals surface area (Å²) < 4.78 is 1.75. The number of rotatable bonds is 4. The molecule has 27 heavy (non-hydrogen) atoms. The Hall–Kier alpha value is -2.21. The van der Waals surface area contributed by atoms with E-state index in [1.807, 2.05) is 31.4 Å². The summed E-state index contributed by atoms with van der Waals surface area (Å²) in [5, 5.41) is 4.53. The van der Waals surface area contributed by atoms with E-state index in [-0.39, 0.29) is 11.9 Å². The van der Waals surface area contributed by atoms with Gasteiger partial charge in [0.2, 0.25) is 0 Å². The van der Waals surface area contributed by atoms with E-state index in [0.29, 0.717) is 17.5 Å². The number of carbonyl (C=O) groups is 1. The second-order valence-corrected chi connectivity index (χ2v) is 8.30. The molecule has 2 bridgehead atoms. The van der Waals surface area contributed by atoms with Crippen molar-refractivity contribution < 1.29 is 4.79 Å². The molecule has 1 amide bonds. The van der Waals surface area contributed by atoms with Crippen LogP contribution in [0.2, 0.25) is 0 Å². The highest BCUT2D eigenvalue weighted by atomic mass is 16.2. The van der Waals surface area contributed by atoms with Crippen molar-refractivity contribution in [3.05, 3.63) is 47.5 Å². The van der Waals surface area contributed by atoms with Crippen molar-refractivity contribution in [1.29, 1.82) is 0 Å². The zero-order chi connectivity index (χ0) is 19.0. The van der Waals surface area contributed by atoms with Gasteiger partial charge in [0.05, 0.1) is 11.4 Å². The van der Waals surface area contributed by atoms with Crippen LogP contribution in [0.3, 0.4) is 0 Å². The molecule has 0 N–H and O–H groups in total. The van der Waals surface area contributed by atoms with Gasteiger partial charge in [-0.2, -0.15) is 5.10 Å². The Morgan fingerprint density at radius 3 is 2.78 bits per heavy atom. The summed E-state index contributed by atoms with van der Waals surface area (Å²) in [4.78, 5) is 22.3. The van der Waals surface area contributed by atoms with Gasteiger partial charge in [-0.3, -0.25) is 19.4 Å². The summed E-state index contributed by atoms with van der Waals surface area (Å²) in [5.41, 5.74) is 2.80. The number of carbonyl (C=O) groups excluding carboxylic acids is 1. The Labute approximate surface area is 161 Å². The summed E-state index contributed by atoms with van der Waals surface area (Å²) in [5.74, 6) is 0.993. The van der Waals surface area contributed by atoms with Gasteiger partial charge in [0.15, 0.2) is 0 Å². The van der Waals surface area contributed by atoms with Crippen LogP contribution in [0.1, 0.15) is 54.5 Å². The fourth-order valence-corrected chi connectivity index (χ4v) is 4.40. The number of aromatic nitrogens is 3. The highest BCUT2D eigenvalue weighted by Crippen LogP contribution is 2.30. The minimum atomic E-state index is 0.131. The summed E-state index contributed by atoms with van der Waals surface area (Å²) in [6.07, 6.45) is 4.14. The third-order valence-electron chi connectivity index (χ3n) is 5.87. The third-order valence-corrected chi connectivity index (χ3v) is 5.87. The van der Waals surface area contributed by atoms with Crippen molar-refractivity contribution in [1.82, 2.24) is 24.6 Å². The SMILES string of the molecule is CC(C)c1cc(C(=O)N2C[C@H]3CC[C@@H]2CN(Cc2ccccn2)C3)n(C)n1. The monoisotopic (exact) mass is 367 g/mol. The molecule has 0 aromatic carbocycles. The molecule has 2 aromatic rings. The first kappa shape index (κ1) is 18.2. The van der Waals surface area contributed by atoms with Crippen LogP contribution in [0.5, 0.6) is 0 Å². The molecule has 5 rings (SSSR count). The van der Waals surface area contributed by atoms with Crippen LogP contribution in [0.25, 0.3) is 0 Å². The van der Waals surface area contributed by atoms with Gasteiger partial charge in [-0.25, -0.2) is 0 Å². The number of pyridine rings is 1. The van der Waals surface area contributed by atoms with Gasteiger partial charge in [0.1, 0.15) is 5.69 Å². The standard InChI is InChI=1S/C21H29N5O/c1-15(2)19-10-20(24(3)23-19)21(27)26-12-16-7-8-18(26)14-25(11-16)13-17-6-4-5-9-22-17/h4-6,9-10,15-16,18H,7-8,11-14H2,1-3H3/t16-,18+/m0/s1. The number of piperidine rings is 1. The minimum Gasteiger partial charge on any atom is -0.333 e. The summed E-state index contributed by atoms with van der Waals surface area (Å²) >= 11 is 0. The van der Waals surface area contributed by atoms with Gasteiger partial charge in [-0.05, 0) is 42.9 Å². The molecule has 144 valence electrons. The Morgan fingerprint density at radius 1 is 1.22 bits per heavy atom. The van der Waals surface area contributed by atoms with Crippen LogP contribution < -0.4 is 0 Å². The second kappa shape index (κ2) is 7.43. The molecule has 0 aliphatic carbocycles. The van der Waals surface area contributed by atoms with E-state index in [1.165, 1.54) is 6.42 Å². The Bertz CT molecular complexity index is 800. The van der Waals surface area contributed by atoms with Crippen LogP contribution in [0.15, 0.2) is 30.5 Å². The van der Waals surface area contributed by atoms with E-state index in [9.17, 15) is 4.79 Å². The van der Waals surface area contributed by atoms with Gasteiger partial charge in [0, 0.05) is 45.5 Å². The van der Waals surface area contributed by atoms with Crippen LogP contribution in [-0.4, -0.2) is 56.1 Å². The Morgan fingerprint density at radius 2 is 2.07 bits per heavy atom. The third kappa shape index (κ3) is 3.76. The van der Waals surface area contributed by atoms with Crippen LogP contribution >= 0.6 is 0 Å². The molecule has 3 aliphatic heterocycles. The van der Waals surface area contributed by atoms with Crippen molar-refractivity contribution in [2.75, 3.05) is 19.6 Å². The molecule has 2 atom stereocenters. The lowest BCUT2D eigenvalue weighted by Crippen LogP contribution is -2.47. The van der Waals surface area contributed by atoms with Crippen molar-refractivity contribution in [2.24, 2.45) is 13.0 Å². The van der Waals surface area contributed by atoms with Crippen molar-refractivity contribution >= 4 is 5.91 Å². The van der Waals surface area contributed by atoms with Crippen LogP contribution in [0, 0.1) is 5.92 Å². The van der Waals surface area contributed by atoms with Gasteiger partial charge in [0.25, 0.3) is 5.91 Å². The summed E-state index contributed by atoms with van der Waals surface area (Å²) in [6.45, 7) is 7.90. The largest absolute Gasteiger partial charge is 0.333 e. The average molecular weight is 367 g/mol. The number of hydrogen-bond acceptors (Lipinski definition) is 4. The van der Waals surface area contributed by atoms with E-state index in [4.69, 9.17) is 0 Å². The minimum absolute atomic E-state index is 0.131. The quantitative estimate of drug-likeness (QED) is 0.834. The zero-order valence-electron chi connectivity index (χ0n) is 16.5. The van der Waals surface area contributed by atoms with E-state index < -0.39 is 0 Å². The molecule has 3 aliphatic rings. The first-order valence-corrected chi connectivity index (χ1v) is 9.98. The summed E-state index contributed by atoms with van der Waals surface area (Å²) in [6, 6.07) is 8.32. The molecular weight excluding hydrogens is 338 g/mol. The highest BCUT2D eigenvalue weighted by Gasteiger charge is 2.38. The lowest BCUT2D eigenvalue weighted by Gasteiger charge is -2.36. The van der Waals surface area contributed by atoms with E-state index in [0.717, 1.165) is 44.0 Å². The molecule has 0 radical (unpaired) electrons. The molecule has 0 saturated carbocycles. The van der Waals surface area contributed by atoms with Gasteiger partial charge < -0.3 is 4.90 Å². The molecule has 5 heterocycles. The van der Waals surface area contributed by atoms with E-state index in [1.54, 1.807) is 4.68 Å². The average Bonchev–Trinajstić information content (AvgIpc) is 2.84. The highest BCUT2D eigenvalue weighted by molar-refractivity contribution is 5.93. The molecule has 0 unspecified atom stereocenters. The van der Waals surface area contributed by atoms with Gasteiger partial charge in [-0.15, -0.1) is 0 Å². The van der Waals surface area contributed by atoms with Crippen molar-refractivity contribution in [2.45, 2.75) is 45.2 Å². The van der Waals surface area contributed by atoms with E-state index in [2.05, 4.69) is 39.8 Å². The van der Waals surface area contributed by atoms with Gasteiger partial charge >= 0.3 is 0 Å². The Balaban J connectivity index is 1.51. The normalized spacial score (nSPS) is 23.0. The first-order chi connectivity index (χ1) is 13.0. The fourth-order valence-electron chi connectivity index (χ4n) is 4.40. The van der Waals surface area contributed by atoms with E-state index >= 15 is 0 Å². The first-order valence-electron chi connectivity index (χ1n) is 9.98. The maximum atomic E-state index is 13.3. The maximum absolute atomic E-state index is 13.3. The van der Waals surface area contributed by atoms with Gasteiger partial charge in [-0.1, -0.05) is 19.9 Å². The lowest BCUT2D eigenvalue weighted by molar-refractivity contribution is 0.0573. The molecule has 3 saturated heterocycles. The maximum Gasteiger partial charge on any atom is 0.272 e. The number of aryl methyl sites for hydroxylation is 1. The fraction of sp³-hybridized carbons (Fsp3) is 0.571.